The molecule has 2 aliphatic rings. The molecule has 0 amide bonds. The Morgan fingerprint density at radius 2 is 2.06 bits per heavy atom. The number of allylic oxidation sites excluding steroid dienone is 1. The molecule has 0 saturated heterocycles. The summed E-state index contributed by atoms with van der Waals surface area (Å²) in [5.74, 6) is 1.34. The van der Waals surface area contributed by atoms with Crippen molar-refractivity contribution in [3.63, 3.8) is 0 Å². The van der Waals surface area contributed by atoms with Crippen LogP contribution in [-0.2, 0) is 0 Å². The summed E-state index contributed by atoms with van der Waals surface area (Å²) >= 11 is 3.68. The number of hydrogen-bond donors (Lipinski definition) is 0. The maximum atomic E-state index is 3.68. The average molecular weight is 299 g/mol. The van der Waals surface area contributed by atoms with E-state index < -0.39 is 0 Å². The van der Waals surface area contributed by atoms with Crippen LogP contribution in [0.3, 0.4) is 0 Å². The van der Waals surface area contributed by atoms with Crippen LogP contribution in [0.15, 0.2) is 36.4 Å². The number of halogens is 1. The summed E-state index contributed by atoms with van der Waals surface area (Å²) in [5.41, 5.74) is 4.59. The smallest absolute Gasteiger partial charge is 0.0100 e. The van der Waals surface area contributed by atoms with Crippen molar-refractivity contribution in [1.29, 1.82) is 0 Å². The summed E-state index contributed by atoms with van der Waals surface area (Å²) in [6.07, 6.45) is 7.33. The lowest BCUT2D eigenvalue weighted by Crippen LogP contribution is -2.16. The van der Waals surface area contributed by atoms with Gasteiger partial charge in [0.2, 0.25) is 0 Å². The van der Waals surface area contributed by atoms with Crippen LogP contribution in [0, 0.1) is 0 Å². The zero-order valence-electron chi connectivity index (χ0n) is 10.2. The van der Waals surface area contributed by atoms with E-state index in [0.29, 0.717) is 11.8 Å². The molecule has 1 heteroatoms. The van der Waals surface area contributed by atoms with Crippen LogP contribution in [0.1, 0.15) is 41.4 Å². The minimum absolute atomic E-state index is 0.647. The molecular formula is C17H15Br. The van der Waals surface area contributed by atoms with Gasteiger partial charge in [0.15, 0.2) is 0 Å². The van der Waals surface area contributed by atoms with Gasteiger partial charge in [-0.3, -0.25) is 0 Å². The Morgan fingerprint density at radius 3 is 2.94 bits per heavy atom. The number of hydrogen-bond acceptors (Lipinski definition) is 0. The first-order chi connectivity index (χ1) is 8.88. The topological polar surface area (TPSA) is 0 Å². The highest BCUT2D eigenvalue weighted by atomic mass is 79.9. The molecule has 2 aromatic rings. The standard InChI is InChI=1S/C17H15Br/c18-10-14-7-6-13-5-4-11-2-1-3-12-8-9-15(14)17(13)16(11)12/h1-5,8-9,13-14H,6-7,10H2. The van der Waals surface area contributed by atoms with Crippen LogP contribution in [-0.4, -0.2) is 5.33 Å². The minimum Gasteiger partial charge on any atom is -0.0921 e. The van der Waals surface area contributed by atoms with Crippen LogP contribution in [0.4, 0.5) is 0 Å². The summed E-state index contributed by atoms with van der Waals surface area (Å²) in [5, 5.41) is 3.99. The molecule has 90 valence electrons. The Labute approximate surface area is 116 Å². The summed E-state index contributed by atoms with van der Waals surface area (Å²) in [4.78, 5) is 0. The molecule has 0 N–H and O–H groups in total. The maximum absolute atomic E-state index is 3.68. The van der Waals surface area contributed by atoms with Crippen molar-refractivity contribution in [2.45, 2.75) is 24.7 Å². The lowest BCUT2D eigenvalue weighted by atomic mass is 9.72. The molecule has 18 heavy (non-hydrogen) atoms. The van der Waals surface area contributed by atoms with E-state index in [2.05, 4.69) is 58.4 Å². The molecule has 0 bridgehead atoms. The fourth-order valence-electron chi connectivity index (χ4n) is 3.60. The van der Waals surface area contributed by atoms with E-state index in [1.54, 1.807) is 11.1 Å². The van der Waals surface area contributed by atoms with Crippen LogP contribution in [0.5, 0.6) is 0 Å². The molecule has 4 rings (SSSR count). The zero-order valence-corrected chi connectivity index (χ0v) is 11.8. The van der Waals surface area contributed by atoms with Gasteiger partial charge in [0.1, 0.15) is 0 Å². The summed E-state index contributed by atoms with van der Waals surface area (Å²) in [7, 11) is 0. The molecular weight excluding hydrogens is 284 g/mol. The van der Waals surface area contributed by atoms with Crippen LogP contribution in [0.25, 0.3) is 16.8 Å². The normalized spacial score (nSPS) is 24.5. The van der Waals surface area contributed by atoms with E-state index in [1.807, 2.05) is 0 Å². The first-order valence-corrected chi connectivity index (χ1v) is 7.80. The molecule has 0 aromatic heterocycles. The fraction of sp³-hybridized carbons (Fsp3) is 0.294. The van der Waals surface area contributed by atoms with Crippen molar-refractivity contribution in [2.75, 3.05) is 5.33 Å². The van der Waals surface area contributed by atoms with Gasteiger partial charge in [-0.2, -0.15) is 0 Å². The molecule has 2 unspecified atom stereocenters. The Bertz CT molecular complexity index is 654. The van der Waals surface area contributed by atoms with Crippen molar-refractivity contribution in [1.82, 2.24) is 0 Å². The predicted molar refractivity (Wildman–Crippen MR) is 81.5 cm³/mol. The van der Waals surface area contributed by atoms with Crippen molar-refractivity contribution < 1.29 is 0 Å². The van der Waals surface area contributed by atoms with Gasteiger partial charge in [0.05, 0.1) is 0 Å². The second-order valence-corrected chi connectivity index (χ2v) is 6.06. The molecule has 0 aliphatic heterocycles. The van der Waals surface area contributed by atoms with Gasteiger partial charge in [0, 0.05) is 11.2 Å². The quantitative estimate of drug-likeness (QED) is 0.633. The van der Waals surface area contributed by atoms with Gasteiger partial charge in [-0.05, 0) is 46.2 Å². The highest BCUT2D eigenvalue weighted by Gasteiger charge is 2.29. The third-order valence-corrected chi connectivity index (χ3v) is 5.26. The van der Waals surface area contributed by atoms with Crippen molar-refractivity contribution >= 4 is 32.8 Å². The molecule has 2 atom stereocenters. The SMILES string of the molecule is BrCC1CCC2C=Cc3cccc4ccc1c2c34. The average Bonchev–Trinajstić information content (AvgIpc) is 2.44. The first-order valence-electron chi connectivity index (χ1n) is 6.68. The Morgan fingerprint density at radius 1 is 1.11 bits per heavy atom. The van der Waals surface area contributed by atoms with E-state index in [4.69, 9.17) is 0 Å². The van der Waals surface area contributed by atoms with Crippen LogP contribution in [0.2, 0.25) is 0 Å². The third-order valence-electron chi connectivity index (χ3n) is 4.48. The van der Waals surface area contributed by atoms with Crippen LogP contribution < -0.4 is 0 Å². The molecule has 2 aliphatic carbocycles. The lowest BCUT2D eigenvalue weighted by Gasteiger charge is -2.33. The van der Waals surface area contributed by atoms with E-state index in [-0.39, 0.29) is 0 Å². The maximum Gasteiger partial charge on any atom is 0.0100 e. The molecule has 0 heterocycles. The van der Waals surface area contributed by atoms with Gasteiger partial charge in [-0.1, -0.05) is 58.4 Å². The molecule has 0 fully saturated rings. The summed E-state index contributed by atoms with van der Waals surface area (Å²) < 4.78 is 0. The van der Waals surface area contributed by atoms with E-state index in [0.717, 1.165) is 5.33 Å². The second kappa shape index (κ2) is 3.96. The Balaban J connectivity index is 2.11. The van der Waals surface area contributed by atoms with Gasteiger partial charge < -0.3 is 0 Å². The largest absolute Gasteiger partial charge is 0.0921 e. The molecule has 2 aromatic carbocycles. The third kappa shape index (κ3) is 1.37. The number of alkyl halides is 1. The van der Waals surface area contributed by atoms with Crippen molar-refractivity contribution in [3.05, 3.63) is 53.1 Å². The van der Waals surface area contributed by atoms with E-state index in [9.17, 15) is 0 Å². The molecule has 0 saturated carbocycles. The minimum atomic E-state index is 0.647. The zero-order chi connectivity index (χ0) is 12.1. The second-order valence-electron chi connectivity index (χ2n) is 5.41. The summed E-state index contributed by atoms with van der Waals surface area (Å²) in [6.45, 7) is 0. The molecule has 0 spiro atoms. The molecule has 0 nitrogen and oxygen atoms in total. The predicted octanol–water partition coefficient (Wildman–Crippen LogP) is 5.22. The van der Waals surface area contributed by atoms with Crippen LogP contribution >= 0.6 is 15.9 Å². The van der Waals surface area contributed by atoms with Gasteiger partial charge in [0.25, 0.3) is 0 Å². The van der Waals surface area contributed by atoms with Crippen molar-refractivity contribution in [3.8, 4) is 0 Å². The Hall–Kier alpha value is -1.08. The first kappa shape index (κ1) is 10.8. The van der Waals surface area contributed by atoms with Gasteiger partial charge in [-0.15, -0.1) is 0 Å². The fourth-order valence-corrected chi connectivity index (χ4v) is 4.27. The highest BCUT2D eigenvalue weighted by Crippen LogP contribution is 2.46. The highest BCUT2D eigenvalue weighted by molar-refractivity contribution is 9.09. The monoisotopic (exact) mass is 298 g/mol. The molecule has 0 radical (unpaired) electrons. The lowest BCUT2D eigenvalue weighted by molar-refractivity contribution is 0.564. The van der Waals surface area contributed by atoms with E-state index in [1.165, 1.54) is 29.2 Å². The number of rotatable bonds is 1. The summed E-state index contributed by atoms with van der Waals surface area (Å²) in [6, 6.07) is 11.3. The Kier molecular flexibility index (Phi) is 2.38. The van der Waals surface area contributed by atoms with Gasteiger partial charge >= 0.3 is 0 Å². The van der Waals surface area contributed by atoms with Gasteiger partial charge in [-0.25, -0.2) is 0 Å². The van der Waals surface area contributed by atoms with E-state index >= 15 is 0 Å². The number of benzene rings is 2. The van der Waals surface area contributed by atoms with Crippen molar-refractivity contribution in [2.24, 2.45) is 0 Å².